The maximum Gasteiger partial charge on any atom is 0.0756 e. The van der Waals surface area contributed by atoms with E-state index in [1.807, 2.05) is 20.7 Å². The van der Waals surface area contributed by atoms with Crippen LogP contribution >= 0.6 is 0 Å². The first kappa shape index (κ1) is 32.1. The molecule has 0 bridgehead atoms. The quantitative estimate of drug-likeness (QED) is 0.262. The van der Waals surface area contributed by atoms with Crippen LogP contribution in [0.2, 0.25) is 44.3 Å². The van der Waals surface area contributed by atoms with Gasteiger partial charge in [0.1, 0.15) is 0 Å². The van der Waals surface area contributed by atoms with E-state index in [1.54, 1.807) is 0 Å². The van der Waals surface area contributed by atoms with Crippen LogP contribution in [-0.2, 0) is 0 Å². The van der Waals surface area contributed by atoms with Gasteiger partial charge >= 0.3 is 0 Å². The Hall–Kier alpha value is 0.0875. The zero-order valence-corrected chi connectivity index (χ0v) is 30.7. The van der Waals surface area contributed by atoms with E-state index in [-0.39, 0.29) is 0 Å². The summed E-state index contributed by atoms with van der Waals surface area (Å²) in [6.45, 7) is 40.6. The van der Waals surface area contributed by atoms with Crippen molar-refractivity contribution in [3.05, 3.63) is 12.1 Å². The second-order valence-electron chi connectivity index (χ2n) is 14.2. The van der Waals surface area contributed by atoms with Crippen LogP contribution in [0.15, 0.2) is 12.1 Å². The number of hydrogen-bond acceptors (Lipinski definition) is 0. The first-order valence-corrected chi connectivity index (χ1v) is 22.4. The molecule has 0 aliphatic rings. The molecule has 1 rings (SSSR count). The van der Waals surface area contributed by atoms with Crippen LogP contribution in [0.5, 0.6) is 0 Å². The third-order valence-corrected chi connectivity index (χ3v) is 25.5. The van der Waals surface area contributed by atoms with Crippen LogP contribution < -0.4 is 20.7 Å². The smallest absolute Gasteiger partial charge is 0.0651 e. The van der Waals surface area contributed by atoms with Gasteiger partial charge in [-0.05, 0) is 44.3 Å². The van der Waals surface area contributed by atoms with Crippen LogP contribution in [0.4, 0.5) is 0 Å². The first-order chi connectivity index (χ1) is 15.5. The summed E-state index contributed by atoms with van der Waals surface area (Å²) >= 11 is 0. The zero-order valence-electron chi connectivity index (χ0n) is 26.1. The fraction of sp³-hybridized carbons (Fsp3) is 0.800. The van der Waals surface area contributed by atoms with Gasteiger partial charge in [0.05, 0.1) is 35.2 Å². The van der Waals surface area contributed by atoms with Crippen molar-refractivity contribution in [2.24, 2.45) is 0 Å². The molecule has 0 atom stereocenters. The Morgan fingerprint density at radius 1 is 0.294 bits per heavy atom. The van der Waals surface area contributed by atoms with Crippen molar-refractivity contribution in [1.29, 1.82) is 0 Å². The van der Waals surface area contributed by atoms with Gasteiger partial charge in [0.15, 0.2) is 0 Å². The fourth-order valence-corrected chi connectivity index (χ4v) is 25.7. The maximum absolute atomic E-state index is 2.94. The molecule has 0 nitrogen and oxygen atoms in total. The molecule has 1 aromatic rings. The highest BCUT2D eigenvalue weighted by Gasteiger charge is 2.36. The van der Waals surface area contributed by atoms with Crippen LogP contribution in [0.25, 0.3) is 0 Å². The monoisotopic (exact) mass is 534 g/mol. The molecular weight excluding hydrogens is 473 g/mol. The van der Waals surface area contributed by atoms with Gasteiger partial charge in [-0.25, -0.2) is 0 Å². The third kappa shape index (κ3) is 7.55. The molecular formula is C30H62Si4. The van der Waals surface area contributed by atoms with Crippen molar-refractivity contribution in [2.45, 2.75) is 155 Å². The van der Waals surface area contributed by atoms with Gasteiger partial charge in [0, 0.05) is 0 Å². The zero-order chi connectivity index (χ0) is 26.7. The van der Waals surface area contributed by atoms with Gasteiger partial charge in [-0.3, -0.25) is 0 Å². The fourth-order valence-electron chi connectivity index (χ4n) is 7.78. The van der Waals surface area contributed by atoms with Gasteiger partial charge in [-0.2, -0.15) is 0 Å². The molecule has 0 fully saturated rings. The molecule has 0 radical (unpaired) electrons. The molecule has 4 heteroatoms. The molecule has 0 aliphatic carbocycles. The number of hydrogen-bond donors (Lipinski definition) is 0. The summed E-state index contributed by atoms with van der Waals surface area (Å²) in [5.74, 6) is 0. The number of rotatable bonds is 12. The molecule has 34 heavy (non-hydrogen) atoms. The summed E-state index contributed by atoms with van der Waals surface area (Å²) < 4.78 is 0. The highest BCUT2D eigenvalue weighted by Crippen LogP contribution is 2.27. The Morgan fingerprint density at radius 3 is 0.500 bits per heavy atom. The predicted molar refractivity (Wildman–Crippen MR) is 174 cm³/mol. The van der Waals surface area contributed by atoms with Gasteiger partial charge in [0.2, 0.25) is 0 Å². The van der Waals surface area contributed by atoms with Crippen molar-refractivity contribution in [2.75, 3.05) is 0 Å². The van der Waals surface area contributed by atoms with Crippen LogP contribution in [0.3, 0.4) is 0 Å². The molecule has 198 valence electrons. The van der Waals surface area contributed by atoms with Crippen molar-refractivity contribution in [3.8, 4) is 0 Å². The van der Waals surface area contributed by atoms with E-state index >= 15 is 0 Å². The summed E-state index contributed by atoms with van der Waals surface area (Å²) in [5.41, 5.74) is 6.61. The first-order valence-electron chi connectivity index (χ1n) is 14.7. The lowest BCUT2D eigenvalue weighted by molar-refractivity contribution is 0.942. The summed E-state index contributed by atoms with van der Waals surface area (Å²) in [7, 11) is -4.31. The minimum Gasteiger partial charge on any atom is -0.0651 e. The van der Waals surface area contributed by atoms with Crippen LogP contribution in [0, 0.1) is 0 Å². The normalized spacial score (nSPS) is 13.5. The topological polar surface area (TPSA) is 0 Å². The van der Waals surface area contributed by atoms with Crippen LogP contribution in [-0.4, -0.2) is 35.2 Å². The molecule has 0 spiro atoms. The largest absolute Gasteiger partial charge is 0.0756 e. The highest BCUT2D eigenvalue weighted by atomic mass is 28.3. The van der Waals surface area contributed by atoms with Gasteiger partial charge in [0.25, 0.3) is 0 Å². The minimum atomic E-state index is -1.08. The molecule has 0 heterocycles. The molecule has 0 amide bonds. The molecule has 0 saturated carbocycles. The number of benzene rings is 1. The van der Waals surface area contributed by atoms with Gasteiger partial charge in [-0.15, -0.1) is 0 Å². The summed E-state index contributed by atoms with van der Waals surface area (Å²) in [6.07, 6.45) is 0. The second-order valence-corrected chi connectivity index (χ2v) is 31.5. The van der Waals surface area contributed by atoms with Gasteiger partial charge in [-0.1, -0.05) is 144 Å². The molecule has 0 saturated heterocycles. The lowest BCUT2D eigenvalue weighted by Crippen LogP contribution is -2.62. The van der Waals surface area contributed by atoms with Crippen molar-refractivity contribution < 1.29 is 0 Å². The lowest BCUT2D eigenvalue weighted by Gasteiger charge is -2.38. The van der Waals surface area contributed by atoms with E-state index in [2.05, 4.69) is 123 Å². The SMILES string of the molecule is CC(C)[SiH](c1cc([SiH](C(C)C)C(C)C)c([SiH](C(C)C)C(C)C)cc1[SiH](C(C)C)C(C)C)C(C)C. The molecule has 0 aliphatic heterocycles. The summed E-state index contributed by atoms with van der Waals surface area (Å²) in [4.78, 5) is 0. The van der Waals surface area contributed by atoms with Crippen LogP contribution in [0.1, 0.15) is 111 Å². The van der Waals surface area contributed by atoms with E-state index in [9.17, 15) is 0 Å². The Balaban J connectivity index is 4.26. The lowest BCUT2D eigenvalue weighted by atomic mass is 10.3. The molecule has 0 unspecified atom stereocenters. The molecule has 0 N–H and O–H groups in total. The van der Waals surface area contributed by atoms with E-state index in [4.69, 9.17) is 0 Å². The average molecular weight is 535 g/mol. The average Bonchev–Trinajstić information content (AvgIpc) is 2.62. The maximum atomic E-state index is 2.94. The van der Waals surface area contributed by atoms with Crippen molar-refractivity contribution in [3.63, 3.8) is 0 Å². The molecule has 0 aromatic heterocycles. The second kappa shape index (κ2) is 13.6. The Labute approximate surface area is 222 Å². The van der Waals surface area contributed by atoms with E-state index in [0.29, 0.717) is 0 Å². The Kier molecular flexibility index (Phi) is 12.8. The standard InChI is InChI=1S/C30H62Si4/c1-19(2)31(20(3)4)27-17-29(33(23(9)10)24(11)12)30(34(25(13)14)26(15)16)18-28(27)32(21(5)6)22(7)8/h17-26,31-34H,1-16H3. The predicted octanol–water partition coefficient (Wildman–Crippen LogP) is 6.70. The van der Waals surface area contributed by atoms with E-state index in [0.717, 1.165) is 44.3 Å². The summed E-state index contributed by atoms with van der Waals surface area (Å²) in [6, 6.07) is 5.88. The van der Waals surface area contributed by atoms with Crippen molar-refractivity contribution >= 4 is 55.9 Å². The summed E-state index contributed by atoms with van der Waals surface area (Å²) in [5, 5.41) is 7.67. The third-order valence-electron chi connectivity index (χ3n) is 8.47. The van der Waals surface area contributed by atoms with E-state index in [1.165, 1.54) is 0 Å². The Bertz CT molecular complexity index is 592. The van der Waals surface area contributed by atoms with Crippen molar-refractivity contribution in [1.82, 2.24) is 0 Å². The Morgan fingerprint density at radius 2 is 0.412 bits per heavy atom. The molecule has 1 aromatic carbocycles. The highest BCUT2D eigenvalue weighted by molar-refractivity contribution is 6.90. The van der Waals surface area contributed by atoms with Gasteiger partial charge < -0.3 is 0 Å². The minimum absolute atomic E-state index is 0.827. The van der Waals surface area contributed by atoms with E-state index < -0.39 is 35.2 Å².